The second-order valence-corrected chi connectivity index (χ2v) is 14.3. The molecule has 13 heteroatoms. The minimum absolute atomic E-state index is 0.0535. The molecular weight excluding hydrogens is 704 g/mol. The molecule has 0 bridgehead atoms. The van der Waals surface area contributed by atoms with E-state index in [1.165, 1.54) is 95.6 Å². The van der Waals surface area contributed by atoms with Gasteiger partial charge in [-0.15, -0.1) is 0 Å². The van der Waals surface area contributed by atoms with Crippen molar-refractivity contribution >= 4 is 10.1 Å². The molecule has 0 aliphatic carbocycles. The molecule has 1 aromatic carbocycles. The molecule has 0 radical (unpaired) electrons. The van der Waals surface area contributed by atoms with E-state index in [9.17, 15) is 8.42 Å². The van der Waals surface area contributed by atoms with E-state index in [2.05, 4.69) is 6.92 Å². The predicted molar refractivity (Wildman–Crippen MR) is 207 cm³/mol. The fourth-order valence-electron chi connectivity index (χ4n) is 5.12. The van der Waals surface area contributed by atoms with E-state index in [-0.39, 0.29) is 18.1 Å². The highest BCUT2D eigenvalue weighted by Gasteiger charge is 2.13. The van der Waals surface area contributed by atoms with Gasteiger partial charge in [0, 0.05) is 6.61 Å². The van der Waals surface area contributed by atoms with E-state index < -0.39 is 10.1 Å². The van der Waals surface area contributed by atoms with Gasteiger partial charge in [0.1, 0.15) is 0 Å². The third-order valence-corrected chi connectivity index (χ3v) is 9.44. The quantitative estimate of drug-likeness (QED) is 0.0499. The molecule has 1 rings (SSSR count). The van der Waals surface area contributed by atoms with Gasteiger partial charge in [-0.25, -0.2) is 0 Å². The molecule has 0 aromatic heterocycles. The van der Waals surface area contributed by atoms with Crippen molar-refractivity contribution in [2.75, 3.05) is 126 Å². The highest BCUT2D eigenvalue weighted by molar-refractivity contribution is 7.86. The summed E-state index contributed by atoms with van der Waals surface area (Å²) in [7, 11) is -3.75. The van der Waals surface area contributed by atoms with Crippen LogP contribution >= 0.6 is 0 Å². The number of hydrogen-bond donors (Lipinski definition) is 0. The summed E-state index contributed by atoms with van der Waals surface area (Å²) in [6, 6.07) is 8.00. The molecule has 53 heavy (non-hydrogen) atoms. The first-order chi connectivity index (χ1) is 26.2. The molecule has 0 heterocycles. The summed E-state index contributed by atoms with van der Waals surface area (Å²) in [4.78, 5) is 0.125. The van der Waals surface area contributed by atoms with Crippen LogP contribution in [0.3, 0.4) is 0 Å². The lowest BCUT2D eigenvalue weighted by molar-refractivity contribution is -0.0254. The largest absolute Gasteiger partial charge is 0.379 e. The van der Waals surface area contributed by atoms with Crippen molar-refractivity contribution in [3.63, 3.8) is 0 Å². The minimum atomic E-state index is -3.75. The maximum Gasteiger partial charge on any atom is 0.297 e. The normalized spacial score (nSPS) is 11.9. The molecule has 0 saturated heterocycles. The minimum Gasteiger partial charge on any atom is -0.379 e. The summed E-state index contributed by atoms with van der Waals surface area (Å²) < 4.78 is 78.4. The van der Waals surface area contributed by atoms with Crippen molar-refractivity contribution in [2.24, 2.45) is 0 Å². The lowest BCUT2D eigenvalue weighted by Crippen LogP contribution is -2.15. The Labute approximate surface area is 322 Å². The Morgan fingerprint density at radius 3 is 0.925 bits per heavy atom. The van der Waals surface area contributed by atoms with Gasteiger partial charge < -0.3 is 42.6 Å². The van der Waals surface area contributed by atoms with E-state index in [0.29, 0.717) is 106 Å². The SMILES string of the molecule is CCCCCCCCCCCCCCCCOCCOCCOCCOCCOCCOCCOCCOCCOCCOS(=O)(=O)c1ccccc1. The molecule has 0 fully saturated rings. The average molecular weight is 779 g/mol. The third-order valence-electron chi connectivity index (χ3n) is 8.12. The molecule has 0 amide bonds. The van der Waals surface area contributed by atoms with Crippen molar-refractivity contribution in [1.29, 1.82) is 0 Å². The lowest BCUT2D eigenvalue weighted by Gasteiger charge is -2.09. The molecule has 0 aliphatic heterocycles. The predicted octanol–water partition coefficient (Wildman–Crippen LogP) is 7.02. The highest BCUT2D eigenvalue weighted by atomic mass is 32.2. The van der Waals surface area contributed by atoms with Crippen molar-refractivity contribution in [2.45, 2.75) is 102 Å². The molecule has 0 aliphatic rings. The summed E-state index contributed by atoms with van der Waals surface area (Å²) in [6.45, 7) is 11.1. The second-order valence-electron chi connectivity index (χ2n) is 12.7. The number of hydrogen-bond acceptors (Lipinski definition) is 12. The maximum atomic E-state index is 12.0. The molecular formula is C40H74O12S. The standard InChI is InChI=1S/C40H74O12S/c1-2-3-4-5-6-7-8-9-10-11-12-13-14-18-21-43-22-23-44-24-25-45-26-27-46-28-29-47-30-31-48-32-33-49-34-35-50-36-37-51-38-39-52-53(41,42)40-19-16-15-17-20-40/h15-17,19-20H,2-14,18,21-39H2,1H3. The van der Waals surface area contributed by atoms with Crippen LogP contribution in [-0.4, -0.2) is 134 Å². The Morgan fingerprint density at radius 2 is 0.604 bits per heavy atom. The van der Waals surface area contributed by atoms with Crippen LogP contribution in [0.2, 0.25) is 0 Å². The summed E-state index contributed by atoms with van der Waals surface area (Å²) in [6.07, 6.45) is 19.2. The molecule has 1 aromatic rings. The van der Waals surface area contributed by atoms with Crippen molar-refractivity contribution in [1.82, 2.24) is 0 Å². The highest BCUT2D eigenvalue weighted by Crippen LogP contribution is 2.13. The summed E-state index contributed by atoms with van der Waals surface area (Å²) in [5, 5.41) is 0. The summed E-state index contributed by atoms with van der Waals surface area (Å²) >= 11 is 0. The van der Waals surface area contributed by atoms with E-state index in [4.69, 9.17) is 46.8 Å². The Kier molecular flexibility index (Phi) is 38.0. The Morgan fingerprint density at radius 1 is 0.340 bits per heavy atom. The first kappa shape index (κ1) is 49.8. The summed E-state index contributed by atoms with van der Waals surface area (Å²) in [5.74, 6) is 0. The van der Waals surface area contributed by atoms with E-state index in [1.807, 2.05) is 0 Å². The number of ether oxygens (including phenoxy) is 9. The molecule has 0 atom stereocenters. The van der Waals surface area contributed by atoms with Crippen LogP contribution in [0, 0.1) is 0 Å². The number of rotatable bonds is 44. The van der Waals surface area contributed by atoms with E-state index in [1.54, 1.807) is 18.2 Å². The molecule has 0 N–H and O–H groups in total. The fraction of sp³-hybridized carbons (Fsp3) is 0.850. The van der Waals surface area contributed by atoms with Crippen LogP contribution < -0.4 is 0 Å². The molecule has 0 spiro atoms. The third kappa shape index (κ3) is 36.2. The topological polar surface area (TPSA) is 126 Å². The van der Waals surface area contributed by atoms with Gasteiger partial charge in [-0.2, -0.15) is 8.42 Å². The maximum absolute atomic E-state index is 12.0. The summed E-state index contributed by atoms with van der Waals surface area (Å²) in [5.41, 5.74) is 0. The zero-order chi connectivity index (χ0) is 38.0. The van der Waals surface area contributed by atoms with Gasteiger partial charge in [-0.3, -0.25) is 4.18 Å². The molecule has 0 unspecified atom stereocenters. The average Bonchev–Trinajstić information content (AvgIpc) is 3.17. The van der Waals surface area contributed by atoms with Crippen LogP contribution in [0.5, 0.6) is 0 Å². The monoisotopic (exact) mass is 778 g/mol. The van der Waals surface area contributed by atoms with Crippen LogP contribution in [-0.2, 0) is 56.9 Å². The van der Waals surface area contributed by atoms with Crippen LogP contribution in [0.15, 0.2) is 35.2 Å². The Bertz CT molecular complexity index is 954. The van der Waals surface area contributed by atoms with Gasteiger partial charge in [0.15, 0.2) is 0 Å². The van der Waals surface area contributed by atoms with Crippen molar-refractivity contribution in [3.05, 3.63) is 30.3 Å². The van der Waals surface area contributed by atoms with Crippen LogP contribution in [0.1, 0.15) is 96.8 Å². The molecule has 0 saturated carbocycles. The number of benzene rings is 1. The molecule has 12 nitrogen and oxygen atoms in total. The smallest absolute Gasteiger partial charge is 0.297 e. The lowest BCUT2D eigenvalue weighted by atomic mass is 10.0. The van der Waals surface area contributed by atoms with Gasteiger partial charge in [0.25, 0.3) is 10.1 Å². The first-order valence-electron chi connectivity index (χ1n) is 20.3. The first-order valence-corrected chi connectivity index (χ1v) is 21.7. The zero-order valence-corrected chi connectivity index (χ0v) is 33.8. The zero-order valence-electron chi connectivity index (χ0n) is 33.0. The van der Waals surface area contributed by atoms with Crippen molar-refractivity contribution in [3.8, 4) is 0 Å². The van der Waals surface area contributed by atoms with E-state index >= 15 is 0 Å². The Balaban J connectivity index is 1.64. The van der Waals surface area contributed by atoms with Gasteiger partial charge in [-0.05, 0) is 18.6 Å². The van der Waals surface area contributed by atoms with Crippen molar-refractivity contribution < 1.29 is 55.2 Å². The Hall–Kier alpha value is -1.23. The van der Waals surface area contributed by atoms with Gasteiger partial charge in [0.05, 0.1) is 124 Å². The molecule has 312 valence electrons. The van der Waals surface area contributed by atoms with E-state index in [0.717, 1.165) is 13.0 Å². The second kappa shape index (κ2) is 40.4. The van der Waals surface area contributed by atoms with Crippen LogP contribution in [0.4, 0.5) is 0 Å². The van der Waals surface area contributed by atoms with Gasteiger partial charge in [0.2, 0.25) is 0 Å². The number of unbranched alkanes of at least 4 members (excludes halogenated alkanes) is 13. The van der Waals surface area contributed by atoms with Gasteiger partial charge in [-0.1, -0.05) is 109 Å². The van der Waals surface area contributed by atoms with Gasteiger partial charge >= 0.3 is 0 Å². The fourth-order valence-corrected chi connectivity index (χ4v) is 6.03. The van der Waals surface area contributed by atoms with Crippen LogP contribution in [0.25, 0.3) is 0 Å².